The number of aromatic nitrogens is 3. The fourth-order valence-electron chi connectivity index (χ4n) is 3.20. The smallest absolute Gasteiger partial charge is 0.279 e. The average molecular weight is 334 g/mol. The molecule has 0 saturated carbocycles. The highest BCUT2D eigenvalue weighted by Gasteiger charge is 2.24. The summed E-state index contributed by atoms with van der Waals surface area (Å²) in [5.74, 6) is 0.554. The molecule has 0 aromatic carbocycles. The maximum Gasteiger partial charge on any atom is 0.279 e. The molecule has 6 nitrogen and oxygen atoms in total. The molecule has 0 fully saturated rings. The average Bonchev–Trinajstić information content (AvgIpc) is 2.89. The molecule has 3 rings (SSSR count). The summed E-state index contributed by atoms with van der Waals surface area (Å²) >= 11 is 1.58. The van der Waals surface area contributed by atoms with Gasteiger partial charge in [-0.25, -0.2) is 4.68 Å². The van der Waals surface area contributed by atoms with Gasteiger partial charge in [-0.2, -0.15) is 0 Å². The molecular weight excluding hydrogens is 312 g/mol. The molecule has 0 aliphatic heterocycles. The number of likely N-dealkylation sites (N-methyl/N-ethyl adjacent to an activating group) is 1. The van der Waals surface area contributed by atoms with Crippen LogP contribution in [0.5, 0.6) is 0 Å². The summed E-state index contributed by atoms with van der Waals surface area (Å²) in [4.78, 5) is 28.7. The summed E-state index contributed by atoms with van der Waals surface area (Å²) in [5, 5.41) is 8.85. The molecule has 0 N–H and O–H groups in total. The minimum Gasteiger partial charge on any atom is -0.342 e. The van der Waals surface area contributed by atoms with Crippen LogP contribution in [0, 0.1) is 5.92 Å². The Morgan fingerprint density at radius 3 is 2.83 bits per heavy atom. The zero-order valence-electron chi connectivity index (χ0n) is 13.8. The van der Waals surface area contributed by atoms with Crippen molar-refractivity contribution in [3.05, 3.63) is 20.8 Å². The number of hydrogen-bond acceptors (Lipinski definition) is 5. The molecule has 2 aromatic rings. The predicted octanol–water partition coefficient (Wildman–Crippen LogP) is 1.85. The number of carbonyl (C=O) groups is 1. The van der Waals surface area contributed by atoms with E-state index < -0.39 is 0 Å². The maximum atomic E-state index is 12.8. The molecular formula is C16H22N4O2S. The van der Waals surface area contributed by atoms with Gasteiger partial charge in [0.05, 0.1) is 5.39 Å². The van der Waals surface area contributed by atoms with E-state index in [9.17, 15) is 9.59 Å². The summed E-state index contributed by atoms with van der Waals surface area (Å²) in [5.41, 5.74) is 0.953. The lowest BCUT2D eigenvalue weighted by molar-refractivity contribution is -0.131. The number of hydrogen-bond donors (Lipinski definition) is 0. The second kappa shape index (κ2) is 6.39. The van der Waals surface area contributed by atoms with Crippen molar-refractivity contribution in [1.82, 2.24) is 19.9 Å². The van der Waals surface area contributed by atoms with E-state index in [2.05, 4.69) is 17.2 Å². The van der Waals surface area contributed by atoms with E-state index in [-0.39, 0.29) is 18.0 Å². The molecule has 1 amide bonds. The summed E-state index contributed by atoms with van der Waals surface area (Å²) in [7, 11) is 0. The van der Waals surface area contributed by atoms with Gasteiger partial charge < -0.3 is 4.90 Å². The van der Waals surface area contributed by atoms with E-state index in [4.69, 9.17) is 0 Å². The SMILES string of the molecule is CCN(CC)C(=O)Cn1nnc2sc3c(c2c1=O)CC[C@H](C)C3. The van der Waals surface area contributed by atoms with Crippen molar-refractivity contribution in [3.63, 3.8) is 0 Å². The summed E-state index contributed by atoms with van der Waals surface area (Å²) in [6.07, 6.45) is 3.02. The topological polar surface area (TPSA) is 68.1 Å². The third-order valence-electron chi connectivity index (χ3n) is 4.59. The van der Waals surface area contributed by atoms with Gasteiger partial charge in [-0.15, -0.1) is 16.4 Å². The number of carbonyl (C=O) groups excluding carboxylic acids is 1. The number of nitrogens with zero attached hydrogens (tertiary/aromatic N) is 4. The van der Waals surface area contributed by atoms with Gasteiger partial charge in [0.25, 0.3) is 5.56 Å². The van der Waals surface area contributed by atoms with Gasteiger partial charge >= 0.3 is 0 Å². The fourth-order valence-corrected chi connectivity index (χ4v) is 4.52. The minimum absolute atomic E-state index is 0.0372. The Hall–Kier alpha value is -1.76. The predicted molar refractivity (Wildman–Crippen MR) is 90.8 cm³/mol. The quantitative estimate of drug-likeness (QED) is 0.856. The molecule has 0 saturated heterocycles. The van der Waals surface area contributed by atoms with Gasteiger partial charge in [-0.3, -0.25) is 9.59 Å². The van der Waals surface area contributed by atoms with Crippen LogP contribution in [0.4, 0.5) is 0 Å². The van der Waals surface area contributed by atoms with Crippen molar-refractivity contribution in [1.29, 1.82) is 0 Å². The van der Waals surface area contributed by atoms with Gasteiger partial charge in [-0.05, 0) is 44.6 Å². The first-order valence-electron chi connectivity index (χ1n) is 8.20. The highest BCUT2D eigenvalue weighted by atomic mass is 32.1. The van der Waals surface area contributed by atoms with Crippen LogP contribution in [0.1, 0.15) is 37.6 Å². The Morgan fingerprint density at radius 2 is 2.13 bits per heavy atom. The summed E-state index contributed by atoms with van der Waals surface area (Å²) in [6, 6.07) is 0. The van der Waals surface area contributed by atoms with Gasteiger partial charge in [0.15, 0.2) is 4.83 Å². The standard InChI is InChI=1S/C16H22N4O2S/c1-4-19(5-2)13(21)9-20-16(22)14-11-7-6-10(3)8-12(11)23-15(14)17-18-20/h10H,4-9H2,1-3H3/t10-/m0/s1. The summed E-state index contributed by atoms with van der Waals surface area (Å²) in [6.45, 7) is 7.31. The van der Waals surface area contributed by atoms with Crippen LogP contribution in [0.25, 0.3) is 10.2 Å². The Kier molecular flexibility index (Phi) is 4.48. The van der Waals surface area contributed by atoms with Crippen LogP contribution in [0.2, 0.25) is 0 Å². The van der Waals surface area contributed by atoms with Crippen molar-refractivity contribution in [2.24, 2.45) is 5.92 Å². The van der Waals surface area contributed by atoms with Crippen molar-refractivity contribution >= 4 is 27.5 Å². The molecule has 124 valence electrons. The zero-order chi connectivity index (χ0) is 16.6. The van der Waals surface area contributed by atoms with Crippen LogP contribution < -0.4 is 5.56 Å². The Morgan fingerprint density at radius 1 is 1.39 bits per heavy atom. The first-order valence-corrected chi connectivity index (χ1v) is 9.02. The fraction of sp³-hybridized carbons (Fsp3) is 0.625. The first-order chi connectivity index (χ1) is 11.0. The van der Waals surface area contributed by atoms with Crippen molar-refractivity contribution in [2.75, 3.05) is 13.1 Å². The molecule has 23 heavy (non-hydrogen) atoms. The van der Waals surface area contributed by atoms with Crippen molar-refractivity contribution in [2.45, 2.75) is 46.6 Å². The van der Waals surface area contributed by atoms with Crippen LogP contribution >= 0.6 is 11.3 Å². The van der Waals surface area contributed by atoms with E-state index in [0.29, 0.717) is 29.2 Å². The largest absolute Gasteiger partial charge is 0.342 e. The van der Waals surface area contributed by atoms with Gasteiger partial charge in [0, 0.05) is 18.0 Å². The first kappa shape index (κ1) is 16.1. The zero-order valence-corrected chi connectivity index (χ0v) is 14.7. The van der Waals surface area contributed by atoms with Crippen LogP contribution in [-0.4, -0.2) is 38.9 Å². The normalized spacial score (nSPS) is 17.3. The van der Waals surface area contributed by atoms with Crippen molar-refractivity contribution in [3.8, 4) is 0 Å². The molecule has 1 aliphatic rings. The molecule has 2 heterocycles. The van der Waals surface area contributed by atoms with Crippen LogP contribution in [0.3, 0.4) is 0 Å². The highest BCUT2D eigenvalue weighted by Crippen LogP contribution is 2.35. The van der Waals surface area contributed by atoms with Crippen LogP contribution in [-0.2, 0) is 24.2 Å². The molecule has 0 radical (unpaired) electrons. The Bertz CT molecular complexity index is 791. The number of fused-ring (bicyclic) bond motifs is 3. The monoisotopic (exact) mass is 334 g/mol. The minimum atomic E-state index is -0.178. The van der Waals surface area contributed by atoms with Gasteiger partial charge in [-0.1, -0.05) is 12.1 Å². The highest BCUT2D eigenvalue weighted by molar-refractivity contribution is 7.18. The Labute approximate surface area is 139 Å². The molecule has 0 bridgehead atoms. The van der Waals surface area contributed by atoms with E-state index in [1.807, 2.05) is 13.8 Å². The second-order valence-electron chi connectivity index (χ2n) is 6.15. The second-order valence-corrected chi connectivity index (χ2v) is 7.23. The molecule has 0 spiro atoms. The molecule has 1 aliphatic carbocycles. The lowest BCUT2D eigenvalue weighted by atomic mass is 9.89. The number of thiophene rings is 1. The lowest BCUT2D eigenvalue weighted by Gasteiger charge is -2.18. The van der Waals surface area contributed by atoms with Crippen LogP contribution in [0.15, 0.2) is 4.79 Å². The van der Waals surface area contributed by atoms with Crippen molar-refractivity contribution < 1.29 is 4.79 Å². The maximum absolute atomic E-state index is 12.8. The van der Waals surface area contributed by atoms with E-state index in [1.54, 1.807) is 16.2 Å². The third kappa shape index (κ3) is 2.89. The van der Waals surface area contributed by atoms with Gasteiger partial charge in [0.1, 0.15) is 6.54 Å². The van der Waals surface area contributed by atoms with E-state index in [1.165, 1.54) is 9.56 Å². The molecule has 2 aromatic heterocycles. The number of aryl methyl sites for hydroxylation is 1. The number of rotatable bonds is 4. The molecule has 1 atom stereocenters. The summed E-state index contributed by atoms with van der Waals surface area (Å²) < 4.78 is 1.22. The molecule has 7 heteroatoms. The van der Waals surface area contributed by atoms with E-state index >= 15 is 0 Å². The lowest BCUT2D eigenvalue weighted by Crippen LogP contribution is -2.37. The third-order valence-corrected chi connectivity index (χ3v) is 5.72. The molecule has 0 unspecified atom stereocenters. The van der Waals surface area contributed by atoms with E-state index in [0.717, 1.165) is 24.8 Å². The number of amides is 1. The van der Waals surface area contributed by atoms with Gasteiger partial charge in [0.2, 0.25) is 5.91 Å². The Balaban J connectivity index is 1.99.